The molecule has 0 spiro atoms. The summed E-state index contributed by atoms with van der Waals surface area (Å²) in [6.07, 6.45) is 0. The number of hydrogen-bond acceptors (Lipinski definition) is 4. The number of fused-ring (bicyclic) bond motifs is 1. The summed E-state index contributed by atoms with van der Waals surface area (Å²) < 4.78 is 1.65. The quantitative estimate of drug-likeness (QED) is 0.232. The maximum Gasteiger partial charge on any atom is 0.262 e. The molecule has 6 heteroatoms. The molecule has 1 heterocycles. The van der Waals surface area contributed by atoms with Crippen LogP contribution < -0.4 is 10.9 Å². The smallest absolute Gasteiger partial charge is 0.262 e. The molecule has 0 saturated heterocycles. The third-order valence-corrected chi connectivity index (χ3v) is 6.89. The van der Waals surface area contributed by atoms with Gasteiger partial charge in [-0.25, -0.2) is 4.98 Å². The summed E-state index contributed by atoms with van der Waals surface area (Å²) in [4.78, 5) is 31.2. The average molecular weight is 492 g/mol. The first kappa shape index (κ1) is 23.6. The van der Waals surface area contributed by atoms with Crippen molar-refractivity contribution in [1.29, 1.82) is 0 Å². The summed E-state index contributed by atoms with van der Waals surface area (Å²) in [6.45, 7) is 0.387. The SMILES string of the molecule is O=C(CSc1nc2ccccc2c(=O)n1Cc1ccccc1)NC(c1ccccc1)c1ccccc1. The summed E-state index contributed by atoms with van der Waals surface area (Å²) in [6, 6.07) is 36.7. The van der Waals surface area contributed by atoms with Crippen molar-refractivity contribution in [1.82, 2.24) is 14.9 Å². The fourth-order valence-electron chi connectivity index (χ4n) is 4.15. The molecule has 1 amide bonds. The van der Waals surface area contributed by atoms with Crippen molar-refractivity contribution in [2.24, 2.45) is 0 Å². The summed E-state index contributed by atoms with van der Waals surface area (Å²) in [5, 5.41) is 4.25. The van der Waals surface area contributed by atoms with Gasteiger partial charge in [-0.1, -0.05) is 115 Å². The summed E-state index contributed by atoms with van der Waals surface area (Å²) >= 11 is 1.28. The maximum atomic E-state index is 13.4. The number of hydrogen-bond donors (Lipinski definition) is 1. The number of rotatable bonds is 8. The minimum absolute atomic E-state index is 0.112. The van der Waals surface area contributed by atoms with Gasteiger partial charge >= 0.3 is 0 Å². The summed E-state index contributed by atoms with van der Waals surface area (Å²) in [5.41, 5.74) is 3.52. The van der Waals surface area contributed by atoms with Crippen molar-refractivity contribution in [3.8, 4) is 0 Å². The molecular formula is C30H25N3O2S. The predicted octanol–water partition coefficient (Wildman–Crippen LogP) is 5.44. The minimum atomic E-state index is -0.267. The number of carbonyl (C=O) groups is 1. The minimum Gasteiger partial charge on any atom is -0.344 e. The number of carbonyl (C=O) groups excluding carboxylic acids is 1. The van der Waals surface area contributed by atoms with Gasteiger partial charge in [0.25, 0.3) is 5.56 Å². The Morgan fingerprint density at radius 1 is 0.778 bits per heavy atom. The van der Waals surface area contributed by atoms with Crippen LogP contribution in [0.15, 0.2) is 125 Å². The van der Waals surface area contributed by atoms with Crippen LogP contribution in [0.4, 0.5) is 0 Å². The van der Waals surface area contributed by atoms with E-state index in [1.165, 1.54) is 11.8 Å². The van der Waals surface area contributed by atoms with Crippen molar-refractivity contribution >= 4 is 28.6 Å². The van der Waals surface area contributed by atoms with Gasteiger partial charge in [0.05, 0.1) is 29.2 Å². The highest BCUT2D eigenvalue weighted by molar-refractivity contribution is 7.99. The van der Waals surface area contributed by atoms with Gasteiger partial charge in [-0.15, -0.1) is 0 Å². The lowest BCUT2D eigenvalue weighted by molar-refractivity contribution is -0.119. The third-order valence-electron chi connectivity index (χ3n) is 5.91. The maximum absolute atomic E-state index is 13.4. The number of benzene rings is 4. The lowest BCUT2D eigenvalue weighted by Gasteiger charge is -2.20. The van der Waals surface area contributed by atoms with Gasteiger partial charge in [0.1, 0.15) is 0 Å². The first-order valence-corrected chi connectivity index (χ1v) is 12.7. The number of nitrogens with zero attached hydrogens (tertiary/aromatic N) is 2. The molecule has 0 aliphatic carbocycles. The van der Waals surface area contributed by atoms with Gasteiger partial charge in [-0.05, 0) is 28.8 Å². The van der Waals surface area contributed by atoms with Crippen LogP contribution in [-0.2, 0) is 11.3 Å². The topological polar surface area (TPSA) is 64.0 Å². The molecule has 36 heavy (non-hydrogen) atoms. The lowest BCUT2D eigenvalue weighted by atomic mass is 9.99. The third kappa shape index (κ3) is 5.39. The standard InChI is InChI=1S/C30H25N3O2S/c34-27(32-28(23-14-6-2-7-15-23)24-16-8-3-9-17-24)21-36-30-31-26-19-11-10-18-25(26)29(35)33(30)20-22-12-4-1-5-13-22/h1-19,28H,20-21H2,(H,32,34). The zero-order valence-corrected chi connectivity index (χ0v) is 20.4. The van der Waals surface area contributed by atoms with Crippen LogP contribution in [0.25, 0.3) is 10.9 Å². The van der Waals surface area contributed by atoms with E-state index in [4.69, 9.17) is 4.98 Å². The summed E-state index contributed by atoms with van der Waals surface area (Å²) in [7, 11) is 0. The van der Waals surface area contributed by atoms with Gasteiger partial charge in [0.2, 0.25) is 5.91 Å². The van der Waals surface area contributed by atoms with Gasteiger partial charge in [0.15, 0.2) is 5.16 Å². The zero-order valence-electron chi connectivity index (χ0n) is 19.6. The number of thioether (sulfide) groups is 1. The van der Waals surface area contributed by atoms with Gasteiger partial charge in [-0.3, -0.25) is 14.2 Å². The van der Waals surface area contributed by atoms with E-state index in [-0.39, 0.29) is 23.3 Å². The Bertz CT molecular complexity index is 1480. The Labute approximate surface area is 213 Å². The van der Waals surface area contributed by atoms with Crippen molar-refractivity contribution in [3.05, 3.63) is 142 Å². The van der Waals surface area contributed by atoms with Crippen LogP contribution in [0.2, 0.25) is 0 Å². The van der Waals surface area contributed by atoms with E-state index in [1.54, 1.807) is 10.6 Å². The molecule has 0 aliphatic rings. The Balaban J connectivity index is 1.41. The molecule has 0 fully saturated rings. The van der Waals surface area contributed by atoms with E-state index in [0.717, 1.165) is 16.7 Å². The molecule has 5 nitrogen and oxygen atoms in total. The van der Waals surface area contributed by atoms with Crippen LogP contribution in [0, 0.1) is 0 Å². The molecule has 5 rings (SSSR count). The molecule has 0 atom stereocenters. The molecule has 1 N–H and O–H groups in total. The largest absolute Gasteiger partial charge is 0.344 e. The first-order valence-electron chi connectivity index (χ1n) is 11.7. The van der Waals surface area contributed by atoms with Crippen LogP contribution in [-0.4, -0.2) is 21.2 Å². The molecule has 5 aromatic rings. The Kier molecular flexibility index (Phi) is 7.24. The zero-order chi connectivity index (χ0) is 24.7. The van der Waals surface area contributed by atoms with Gasteiger partial charge in [-0.2, -0.15) is 0 Å². The number of nitrogens with one attached hydrogen (secondary N) is 1. The van der Waals surface area contributed by atoms with Crippen molar-refractivity contribution in [2.45, 2.75) is 17.7 Å². The highest BCUT2D eigenvalue weighted by Crippen LogP contribution is 2.23. The predicted molar refractivity (Wildman–Crippen MR) is 145 cm³/mol. The fraction of sp³-hybridized carbons (Fsp3) is 0.100. The molecule has 0 unspecified atom stereocenters. The molecule has 0 aliphatic heterocycles. The monoisotopic (exact) mass is 491 g/mol. The van der Waals surface area contributed by atoms with E-state index in [2.05, 4.69) is 5.32 Å². The van der Waals surface area contributed by atoms with E-state index in [0.29, 0.717) is 22.6 Å². The van der Waals surface area contributed by atoms with Gasteiger partial charge in [0, 0.05) is 0 Å². The average Bonchev–Trinajstić information content (AvgIpc) is 2.94. The van der Waals surface area contributed by atoms with E-state index < -0.39 is 0 Å². The Hall–Kier alpha value is -4.16. The van der Waals surface area contributed by atoms with E-state index in [9.17, 15) is 9.59 Å². The van der Waals surface area contributed by atoms with Gasteiger partial charge < -0.3 is 5.32 Å². The highest BCUT2D eigenvalue weighted by atomic mass is 32.2. The van der Waals surface area contributed by atoms with Crippen molar-refractivity contribution < 1.29 is 4.79 Å². The first-order chi connectivity index (χ1) is 17.7. The molecule has 178 valence electrons. The molecule has 0 bridgehead atoms. The fourth-order valence-corrected chi connectivity index (χ4v) is 4.96. The molecule has 0 radical (unpaired) electrons. The highest BCUT2D eigenvalue weighted by Gasteiger charge is 2.18. The van der Waals surface area contributed by atoms with Crippen LogP contribution in [0.5, 0.6) is 0 Å². The van der Waals surface area contributed by atoms with E-state index >= 15 is 0 Å². The van der Waals surface area contributed by atoms with Crippen molar-refractivity contribution in [2.75, 3.05) is 5.75 Å². The second-order valence-electron chi connectivity index (χ2n) is 8.40. The summed E-state index contributed by atoms with van der Waals surface area (Å²) in [5.74, 6) is 0.00167. The van der Waals surface area contributed by atoms with E-state index in [1.807, 2.05) is 109 Å². The lowest BCUT2D eigenvalue weighted by Crippen LogP contribution is -2.31. The second-order valence-corrected chi connectivity index (χ2v) is 9.34. The number of amides is 1. The number of aromatic nitrogens is 2. The molecule has 1 aromatic heterocycles. The van der Waals surface area contributed by atoms with Crippen LogP contribution in [0.3, 0.4) is 0 Å². The Morgan fingerprint density at radius 2 is 1.33 bits per heavy atom. The van der Waals surface area contributed by atoms with Crippen molar-refractivity contribution in [3.63, 3.8) is 0 Å². The molecule has 4 aromatic carbocycles. The normalized spacial score (nSPS) is 11.0. The van der Waals surface area contributed by atoms with Crippen LogP contribution in [0.1, 0.15) is 22.7 Å². The second kappa shape index (κ2) is 11.1. The molecular weight excluding hydrogens is 466 g/mol. The number of para-hydroxylation sites is 1. The van der Waals surface area contributed by atoms with Crippen LogP contribution >= 0.6 is 11.8 Å². The molecule has 0 saturated carbocycles. The Morgan fingerprint density at radius 3 is 1.97 bits per heavy atom.